The van der Waals surface area contributed by atoms with Crippen molar-refractivity contribution in [3.8, 4) is 11.5 Å². The van der Waals surface area contributed by atoms with E-state index in [0.717, 1.165) is 29.9 Å². The van der Waals surface area contributed by atoms with Crippen LogP contribution in [0.2, 0.25) is 0 Å². The van der Waals surface area contributed by atoms with Gasteiger partial charge in [-0.05, 0) is 56.5 Å². The van der Waals surface area contributed by atoms with E-state index in [1.165, 1.54) is 5.56 Å². The number of rotatable bonds is 7. The van der Waals surface area contributed by atoms with Crippen LogP contribution in [0.1, 0.15) is 25.8 Å². The highest BCUT2D eigenvalue weighted by atomic mass is 16.5. The fourth-order valence-electron chi connectivity index (χ4n) is 2.15. The lowest BCUT2D eigenvalue weighted by Gasteiger charge is -2.07. The lowest BCUT2D eigenvalue weighted by Crippen LogP contribution is -2.00. The van der Waals surface area contributed by atoms with Gasteiger partial charge in [-0.2, -0.15) is 0 Å². The molecule has 0 radical (unpaired) electrons. The number of aryl methyl sites for hydroxylation is 1. The normalized spacial score (nSPS) is 11.1. The summed E-state index contributed by atoms with van der Waals surface area (Å²) in [5.74, 6) is 1.38. The monoisotopic (exact) mass is 310 g/mol. The second-order valence-corrected chi connectivity index (χ2v) is 5.30. The fraction of sp³-hybridized carbons (Fsp3) is 0.250. The molecule has 0 atom stereocenters. The molecule has 3 nitrogen and oxygen atoms in total. The Kier molecular flexibility index (Phi) is 6.42. The van der Waals surface area contributed by atoms with Crippen molar-refractivity contribution in [2.45, 2.75) is 26.7 Å². The molecule has 0 fully saturated rings. The topological polar surface area (TPSA) is 35.5 Å². The number of carbonyl (C=O) groups excluding carboxylic acids is 1. The van der Waals surface area contributed by atoms with E-state index < -0.39 is 0 Å². The molecule has 0 unspecified atom stereocenters. The van der Waals surface area contributed by atoms with Crippen LogP contribution < -0.4 is 4.74 Å². The first-order valence-corrected chi connectivity index (χ1v) is 7.83. The third-order valence-corrected chi connectivity index (χ3v) is 3.36. The third-order valence-electron chi connectivity index (χ3n) is 3.36. The van der Waals surface area contributed by atoms with Crippen LogP contribution in [0.3, 0.4) is 0 Å². The van der Waals surface area contributed by atoms with Gasteiger partial charge in [0.25, 0.3) is 0 Å². The average molecular weight is 310 g/mol. The van der Waals surface area contributed by atoms with E-state index in [2.05, 4.69) is 12.1 Å². The number of allylic oxidation sites excluding steroid dienone is 1. The molecule has 23 heavy (non-hydrogen) atoms. The molecule has 120 valence electrons. The van der Waals surface area contributed by atoms with E-state index >= 15 is 0 Å². The number of hydrogen-bond acceptors (Lipinski definition) is 3. The molecule has 2 rings (SSSR count). The van der Waals surface area contributed by atoms with Gasteiger partial charge in [0, 0.05) is 6.08 Å². The van der Waals surface area contributed by atoms with Crippen LogP contribution in [0.4, 0.5) is 0 Å². The SMILES string of the molecule is CCOC(=O)/C=C(\C)CCc1ccc(Oc2ccccc2)cc1. The van der Waals surface area contributed by atoms with Crippen molar-refractivity contribution in [2.75, 3.05) is 6.61 Å². The molecule has 0 amide bonds. The third kappa shape index (κ3) is 5.99. The maximum absolute atomic E-state index is 11.4. The van der Waals surface area contributed by atoms with Crippen molar-refractivity contribution >= 4 is 5.97 Å². The van der Waals surface area contributed by atoms with E-state index in [-0.39, 0.29) is 5.97 Å². The van der Waals surface area contributed by atoms with Gasteiger partial charge >= 0.3 is 5.97 Å². The van der Waals surface area contributed by atoms with Crippen LogP contribution in [0.5, 0.6) is 11.5 Å². The summed E-state index contributed by atoms with van der Waals surface area (Å²) >= 11 is 0. The average Bonchev–Trinajstić information content (AvgIpc) is 2.55. The molecule has 0 aliphatic carbocycles. The number of hydrogen-bond donors (Lipinski definition) is 0. The zero-order chi connectivity index (χ0) is 16.5. The van der Waals surface area contributed by atoms with E-state index in [1.807, 2.05) is 49.4 Å². The van der Waals surface area contributed by atoms with Gasteiger partial charge in [0.05, 0.1) is 6.61 Å². The minimum absolute atomic E-state index is 0.267. The molecule has 0 heterocycles. The first kappa shape index (κ1) is 16.8. The van der Waals surface area contributed by atoms with Crippen LogP contribution in [0, 0.1) is 0 Å². The van der Waals surface area contributed by atoms with Gasteiger partial charge in [0.1, 0.15) is 11.5 Å². The Morgan fingerprint density at radius 3 is 2.30 bits per heavy atom. The van der Waals surface area contributed by atoms with E-state index in [1.54, 1.807) is 13.0 Å². The Morgan fingerprint density at radius 2 is 1.65 bits per heavy atom. The molecule has 3 heteroatoms. The standard InChI is InChI=1S/C20H22O3/c1-3-22-20(21)15-16(2)9-10-17-11-13-19(14-12-17)23-18-7-5-4-6-8-18/h4-8,11-15H,3,9-10H2,1-2H3/b16-15+. The fourth-order valence-corrected chi connectivity index (χ4v) is 2.15. The summed E-state index contributed by atoms with van der Waals surface area (Å²) in [6, 6.07) is 17.7. The van der Waals surface area contributed by atoms with Crippen LogP contribution in [0.15, 0.2) is 66.2 Å². The van der Waals surface area contributed by atoms with Crippen molar-refractivity contribution < 1.29 is 14.3 Å². The number of benzene rings is 2. The molecule has 0 aliphatic heterocycles. The van der Waals surface area contributed by atoms with Gasteiger partial charge in [-0.15, -0.1) is 0 Å². The summed E-state index contributed by atoms with van der Waals surface area (Å²) in [6.07, 6.45) is 3.28. The molecule has 0 bridgehead atoms. The van der Waals surface area contributed by atoms with Crippen LogP contribution in [-0.4, -0.2) is 12.6 Å². The predicted molar refractivity (Wildman–Crippen MR) is 91.7 cm³/mol. The first-order valence-electron chi connectivity index (χ1n) is 7.83. The van der Waals surface area contributed by atoms with Crippen LogP contribution in [0.25, 0.3) is 0 Å². The summed E-state index contributed by atoms with van der Waals surface area (Å²) < 4.78 is 10.7. The summed E-state index contributed by atoms with van der Waals surface area (Å²) in [5, 5.41) is 0. The summed E-state index contributed by atoms with van der Waals surface area (Å²) in [6.45, 7) is 4.16. The minimum Gasteiger partial charge on any atom is -0.463 e. The molecule has 0 N–H and O–H groups in total. The van der Waals surface area contributed by atoms with Crippen molar-refractivity contribution in [1.29, 1.82) is 0 Å². The summed E-state index contributed by atoms with van der Waals surface area (Å²) in [7, 11) is 0. The first-order chi connectivity index (χ1) is 11.2. The maximum Gasteiger partial charge on any atom is 0.330 e. The Morgan fingerprint density at radius 1 is 1.00 bits per heavy atom. The summed E-state index contributed by atoms with van der Waals surface area (Å²) in [5.41, 5.74) is 2.23. The second kappa shape index (κ2) is 8.79. The molecule has 0 saturated carbocycles. The summed E-state index contributed by atoms with van der Waals surface area (Å²) in [4.78, 5) is 11.4. The van der Waals surface area contributed by atoms with Crippen molar-refractivity contribution in [3.05, 3.63) is 71.8 Å². The predicted octanol–water partition coefficient (Wildman–Crippen LogP) is 4.92. The number of para-hydroxylation sites is 1. The van der Waals surface area contributed by atoms with Crippen molar-refractivity contribution in [3.63, 3.8) is 0 Å². The van der Waals surface area contributed by atoms with E-state index in [0.29, 0.717) is 6.61 Å². The molecule has 2 aromatic rings. The second-order valence-electron chi connectivity index (χ2n) is 5.30. The zero-order valence-electron chi connectivity index (χ0n) is 13.6. The van der Waals surface area contributed by atoms with Crippen molar-refractivity contribution in [2.24, 2.45) is 0 Å². The van der Waals surface area contributed by atoms with Gasteiger partial charge in [-0.25, -0.2) is 4.79 Å². The van der Waals surface area contributed by atoms with Gasteiger partial charge in [-0.3, -0.25) is 0 Å². The van der Waals surface area contributed by atoms with Crippen LogP contribution >= 0.6 is 0 Å². The van der Waals surface area contributed by atoms with E-state index in [9.17, 15) is 4.79 Å². The highest BCUT2D eigenvalue weighted by Gasteiger charge is 2.01. The van der Waals surface area contributed by atoms with Crippen LogP contribution in [-0.2, 0) is 16.0 Å². The Balaban J connectivity index is 1.86. The molecular formula is C20H22O3. The van der Waals surface area contributed by atoms with Gasteiger partial charge in [-0.1, -0.05) is 35.9 Å². The molecule has 0 spiro atoms. The molecule has 0 aliphatic rings. The number of ether oxygens (including phenoxy) is 2. The maximum atomic E-state index is 11.4. The quantitative estimate of drug-likeness (QED) is 0.538. The van der Waals surface area contributed by atoms with Gasteiger partial charge in [0.15, 0.2) is 0 Å². The molecule has 0 saturated heterocycles. The molecule has 2 aromatic carbocycles. The number of carbonyl (C=O) groups is 1. The zero-order valence-corrected chi connectivity index (χ0v) is 13.6. The lowest BCUT2D eigenvalue weighted by molar-refractivity contribution is -0.137. The van der Waals surface area contributed by atoms with Gasteiger partial charge in [0.2, 0.25) is 0 Å². The lowest BCUT2D eigenvalue weighted by atomic mass is 10.1. The Hall–Kier alpha value is -2.55. The largest absolute Gasteiger partial charge is 0.463 e. The smallest absolute Gasteiger partial charge is 0.330 e. The Bertz CT molecular complexity index is 642. The highest BCUT2D eigenvalue weighted by molar-refractivity contribution is 5.82. The van der Waals surface area contributed by atoms with Gasteiger partial charge < -0.3 is 9.47 Å². The molecule has 0 aromatic heterocycles. The minimum atomic E-state index is -0.267. The number of esters is 1. The highest BCUT2D eigenvalue weighted by Crippen LogP contribution is 2.21. The molecular weight excluding hydrogens is 288 g/mol. The van der Waals surface area contributed by atoms with Crippen molar-refractivity contribution in [1.82, 2.24) is 0 Å². The van der Waals surface area contributed by atoms with E-state index in [4.69, 9.17) is 9.47 Å². The Labute approximate surface area is 137 Å².